The zero-order chi connectivity index (χ0) is 25.8. The minimum atomic E-state index is -0.296. The van der Waals surface area contributed by atoms with Crippen molar-refractivity contribution in [3.8, 4) is 5.75 Å². The number of hydrogen-bond acceptors (Lipinski definition) is 4. The molecule has 2 aliphatic rings. The molecule has 2 aliphatic heterocycles. The van der Waals surface area contributed by atoms with Crippen LogP contribution in [0.2, 0.25) is 5.02 Å². The normalized spacial score (nSPS) is 25.0. The largest absolute Gasteiger partial charge is 0.491 e. The first-order chi connectivity index (χ1) is 18.1. The second-order valence-electron chi connectivity index (χ2n) is 9.86. The fourth-order valence-electron chi connectivity index (χ4n) is 5.52. The Morgan fingerprint density at radius 3 is 2.16 bits per heavy atom. The summed E-state index contributed by atoms with van der Waals surface area (Å²) in [6, 6.07) is 22.8. The monoisotopic (exact) mass is 584 g/mol. The highest BCUT2D eigenvalue weighted by Gasteiger charge is 2.46. The van der Waals surface area contributed by atoms with Gasteiger partial charge in [-0.2, -0.15) is 0 Å². The summed E-state index contributed by atoms with van der Waals surface area (Å²) < 4.78 is 26.3. The van der Waals surface area contributed by atoms with Crippen LogP contribution in [0.5, 0.6) is 5.75 Å². The van der Waals surface area contributed by atoms with E-state index in [9.17, 15) is 0 Å². The van der Waals surface area contributed by atoms with E-state index in [-0.39, 0.29) is 30.3 Å². The molecule has 0 aromatic heterocycles. The van der Waals surface area contributed by atoms with Crippen LogP contribution in [-0.4, -0.2) is 24.9 Å². The van der Waals surface area contributed by atoms with Crippen molar-refractivity contribution in [1.82, 2.24) is 0 Å². The highest BCUT2D eigenvalue weighted by atomic mass is 79.9. The molecule has 1 fully saturated rings. The van der Waals surface area contributed by atoms with Crippen molar-refractivity contribution in [2.24, 2.45) is 5.92 Å². The first kappa shape index (κ1) is 26.7. The van der Waals surface area contributed by atoms with Gasteiger partial charge in [-0.25, -0.2) is 0 Å². The predicted molar refractivity (Wildman–Crippen MR) is 150 cm³/mol. The number of benzene rings is 3. The van der Waals surface area contributed by atoms with Gasteiger partial charge in [0.05, 0.1) is 37.1 Å². The Labute approximate surface area is 233 Å². The summed E-state index contributed by atoms with van der Waals surface area (Å²) in [4.78, 5) is 0. The third-order valence-corrected chi connectivity index (χ3v) is 8.52. The predicted octanol–water partition coefficient (Wildman–Crippen LogP) is 7.83. The first-order valence-corrected chi connectivity index (χ1v) is 14.6. The molecule has 4 nitrogen and oxygen atoms in total. The lowest BCUT2D eigenvalue weighted by Crippen LogP contribution is -2.52. The van der Waals surface area contributed by atoms with Gasteiger partial charge in [-0.1, -0.05) is 108 Å². The Bertz CT molecular complexity index is 1170. The molecule has 0 saturated carbocycles. The lowest BCUT2D eigenvalue weighted by Gasteiger charge is -2.46. The molecule has 3 aromatic carbocycles. The molecule has 0 spiro atoms. The third-order valence-electron chi connectivity index (χ3n) is 7.50. The van der Waals surface area contributed by atoms with Gasteiger partial charge in [0, 0.05) is 23.2 Å². The molecule has 6 heteroatoms. The maximum absolute atomic E-state index is 6.86. The van der Waals surface area contributed by atoms with Crippen LogP contribution in [0.15, 0.2) is 66.7 Å². The van der Waals surface area contributed by atoms with Crippen molar-refractivity contribution in [3.05, 3.63) is 99.6 Å². The maximum Gasteiger partial charge on any atom is 0.141 e. The van der Waals surface area contributed by atoms with E-state index in [1.165, 1.54) is 0 Å². The van der Waals surface area contributed by atoms with Crippen LogP contribution in [0, 0.1) is 5.92 Å². The smallest absolute Gasteiger partial charge is 0.141 e. The van der Waals surface area contributed by atoms with Crippen LogP contribution in [0.1, 0.15) is 54.2 Å². The SMILES string of the molecule is CC[C@H]1O[C@@H](c2cc(CBr)c(Cl)c3c2CCO3)[C@H](OCc2ccccc2)[C@@H](OCc2ccccc2)[C@@H]1C. The second kappa shape index (κ2) is 12.3. The molecule has 37 heavy (non-hydrogen) atoms. The molecular formula is C31H34BrClO4. The standard InChI is InChI=1S/C31H34BrClO4/c1-3-26-20(2)28(35-18-21-10-6-4-7-11-21)31(36-19-22-12-8-5-9-13-22)30(37-26)25-16-23(17-32)27(33)29-24(25)14-15-34-29/h4-13,16,20,26,28,30-31H,3,14-15,17-19H2,1-2H3/t20-,26-,28+,30+,31-/m1/s1. The van der Waals surface area contributed by atoms with Gasteiger partial charge in [0.1, 0.15) is 18.0 Å². The molecular weight excluding hydrogens is 552 g/mol. The zero-order valence-corrected chi connectivity index (χ0v) is 23.7. The molecule has 5 rings (SSSR count). The van der Waals surface area contributed by atoms with E-state index in [4.69, 9.17) is 30.5 Å². The molecule has 0 amide bonds. The van der Waals surface area contributed by atoms with Crippen molar-refractivity contribution < 1.29 is 18.9 Å². The van der Waals surface area contributed by atoms with Crippen molar-refractivity contribution in [2.75, 3.05) is 6.61 Å². The lowest BCUT2D eigenvalue weighted by molar-refractivity contribution is -0.235. The number of fused-ring (bicyclic) bond motifs is 1. The van der Waals surface area contributed by atoms with Crippen molar-refractivity contribution in [2.45, 2.75) is 69.6 Å². The zero-order valence-electron chi connectivity index (χ0n) is 21.4. The minimum absolute atomic E-state index is 0.0448. The topological polar surface area (TPSA) is 36.9 Å². The van der Waals surface area contributed by atoms with E-state index >= 15 is 0 Å². The number of ether oxygens (including phenoxy) is 4. The van der Waals surface area contributed by atoms with E-state index in [0.29, 0.717) is 30.2 Å². The van der Waals surface area contributed by atoms with Crippen LogP contribution in [0.3, 0.4) is 0 Å². The Morgan fingerprint density at radius 1 is 0.946 bits per heavy atom. The molecule has 0 N–H and O–H groups in total. The number of alkyl halides is 1. The van der Waals surface area contributed by atoms with Gasteiger partial charge in [-0.3, -0.25) is 0 Å². The second-order valence-corrected chi connectivity index (χ2v) is 10.8. The molecule has 2 heterocycles. The quantitative estimate of drug-likeness (QED) is 0.240. The van der Waals surface area contributed by atoms with Gasteiger partial charge in [-0.15, -0.1) is 0 Å². The molecule has 0 radical (unpaired) electrons. The molecule has 1 saturated heterocycles. The minimum Gasteiger partial charge on any atom is -0.491 e. The Morgan fingerprint density at radius 2 is 1.57 bits per heavy atom. The van der Waals surface area contributed by atoms with Crippen LogP contribution in [0.4, 0.5) is 0 Å². The first-order valence-electron chi connectivity index (χ1n) is 13.1. The van der Waals surface area contributed by atoms with Gasteiger partial charge in [0.2, 0.25) is 0 Å². The van der Waals surface area contributed by atoms with E-state index in [2.05, 4.69) is 60.1 Å². The number of rotatable bonds is 9. The van der Waals surface area contributed by atoms with E-state index < -0.39 is 0 Å². The summed E-state index contributed by atoms with van der Waals surface area (Å²) in [6.07, 6.45) is 1.01. The third kappa shape index (κ3) is 5.76. The number of hydrogen-bond donors (Lipinski definition) is 0. The molecule has 3 aromatic rings. The maximum atomic E-state index is 6.86. The van der Waals surface area contributed by atoms with Crippen molar-refractivity contribution in [1.29, 1.82) is 0 Å². The van der Waals surface area contributed by atoms with Crippen LogP contribution < -0.4 is 4.74 Å². The summed E-state index contributed by atoms with van der Waals surface area (Å²) in [6.45, 7) is 6.03. The average Bonchev–Trinajstić information content (AvgIpc) is 3.44. The van der Waals surface area contributed by atoms with Gasteiger partial charge in [-0.05, 0) is 28.7 Å². The fourth-order valence-corrected chi connectivity index (χ4v) is 6.41. The van der Waals surface area contributed by atoms with Crippen LogP contribution in [0.25, 0.3) is 0 Å². The molecule has 196 valence electrons. The van der Waals surface area contributed by atoms with Gasteiger partial charge in [0.25, 0.3) is 0 Å². The summed E-state index contributed by atoms with van der Waals surface area (Å²) in [5.41, 5.74) is 5.49. The Kier molecular flexibility index (Phi) is 8.89. The van der Waals surface area contributed by atoms with Gasteiger partial charge >= 0.3 is 0 Å². The highest BCUT2D eigenvalue weighted by molar-refractivity contribution is 9.08. The molecule has 5 atom stereocenters. The fraction of sp³-hybridized carbons (Fsp3) is 0.419. The van der Waals surface area contributed by atoms with Crippen molar-refractivity contribution >= 4 is 27.5 Å². The molecule has 0 unspecified atom stereocenters. The van der Waals surface area contributed by atoms with E-state index in [1.54, 1.807) is 0 Å². The van der Waals surface area contributed by atoms with E-state index in [1.807, 2.05) is 36.4 Å². The average molecular weight is 586 g/mol. The Hall–Kier alpha value is -1.89. The molecule has 0 aliphatic carbocycles. The van der Waals surface area contributed by atoms with Gasteiger partial charge < -0.3 is 18.9 Å². The summed E-state index contributed by atoms with van der Waals surface area (Å²) in [7, 11) is 0. The Balaban J connectivity index is 1.53. The van der Waals surface area contributed by atoms with Crippen LogP contribution >= 0.6 is 27.5 Å². The van der Waals surface area contributed by atoms with Crippen molar-refractivity contribution in [3.63, 3.8) is 0 Å². The number of halogens is 2. The van der Waals surface area contributed by atoms with Crippen LogP contribution in [-0.2, 0) is 39.2 Å². The lowest BCUT2D eigenvalue weighted by atomic mass is 9.82. The molecule has 0 bridgehead atoms. The summed E-state index contributed by atoms with van der Waals surface area (Å²) in [5, 5.41) is 1.32. The highest BCUT2D eigenvalue weighted by Crippen LogP contribution is 2.47. The van der Waals surface area contributed by atoms with Gasteiger partial charge in [0.15, 0.2) is 0 Å². The van der Waals surface area contributed by atoms with E-state index in [0.717, 1.165) is 46.4 Å². The summed E-state index contributed by atoms with van der Waals surface area (Å²) >= 11 is 10.3. The summed E-state index contributed by atoms with van der Waals surface area (Å²) in [5.74, 6) is 0.949.